The van der Waals surface area contributed by atoms with Crippen LogP contribution in [-0.2, 0) is 20.6 Å². The third-order valence-corrected chi connectivity index (χ3v) is 7.37. The molecule has 0 aromatic carbocycles. The molecule has 3 aliphatic rings. The van der Waals surface area contributed by atoms with Gasteiger partial charge in [0.25, 0.3) is 0 Å². The second kappa shape index (κ2) is 10.3. The lowest BCUT2D eigenvalue weighted by molar-refractivity contribution is -0.143. The summed E-state index contributed by atoms with van der Waals surface area (Å²) in [5.41, 5.74) is -0.566. The highest BCUT2D eigenvalue weighted by Gasteiger charge is 2.40. The normalized spacial score (nSPS) is 29.5. The fourth-order valence-corrected chi connectivity index (χ4v) is 5.37. The molecule has 1 aliphatic heterocycles. The van der Waals surface area contributed by atoms with Crippen LogP contribution in [0, 0.1) is 17.8 Å². The molecule has 0 aromatic heterocycles. The number of ether oxygens (including phenoxy) is 1. The highest BCUT2D eigenvalue weighted by Crippen LogP contribution is 2.36. The van der Waals surface area contributed by atoms with Crippen LogP contribution in [0.4, 0.5) is 4.79 Å². The van der Waals surface area contributed by atoms with Crippen molar-refractivity contribution in [2.24, 2.45) is 17.8 Å². The summed E-state index contributed by atoms with van der Waals surface area (Å²) in [7, 11) is 0. The number of allylic oxidation sites excluding steroid dienone is 4. The highest BCUT2D eigenvalue weighted by molar-refractivity contribution is 7.83. The molecule has 2 amide bonds. The van der Waals surface area contributed by atoms with Gasteiger partial charge in [-0.15, -0.1) is 0 Å². The van der Waals surface area contributed by atoms with Gasteiger partial charge in [0.2, 0.25) is 5.91 Å². The summed E-state index contributed by atoms with van der Waals surface area (Å²) in [6.45, 7) is 10.6. The minimum absolute atomic E-state index is 0.0661. The largest absolute Gasteiger partial charge is 0.769 e. The number of amides is 2. The van der Waals surface area contributed by atoms with Gasteiger partial charge in [0.1, 0.15) is 5.60 Å². The molecule has 1 saturated heterocycles. The quantitative estimate of drug-likeness (QED) is 0.592. The molecular formula is C24H35N2O5S-. The zero-order valence-corrected chi connectivity index (χ0v) is 20.1. The van der Waals surface area contributed by atoms with Crippen LogP contribution < -0.4 is 0 Å². The summed E-state index contributed by atoms with van der Waals surface area (Å²) in [5.74, 6) is 0.0868. The second-order valence-electron chi connectivity index (χ2n) is 9.99. The molecule has 32 heavy (non-hydrogen) atoms. The third-order valence-electron chi connectivity index (χ3n) is 6.61. The molecule has 1 heterocycles. The molecule has 0 radical (unpaired) electrons. The Kier molecular flexibility index (Phi) is 7.98. The van der Waals surface area contributed by atoms with Crippen molar-refractivity contribution in [1.29, 1.82) is 0 Å². The van der Waals surface area contributed by atoms with Gasteiger partial charge in [-0.2, -0.15) is 0 Å². The van der Waals surface area contributed by atoms with Crippen LogP contribution >= 0.6 is 0 Å². The Morgan fingerprint density at radius 3 is 2.31 bits per heavy atom. The van der Waals surface area contributed by atoms with Gasteiger partial charge in [0.05, 0.1) is 6.04 Å². The van der Waals surface area contributed by atoms with Crippen LogP contribution in [-0.4, -0.2) is 61.8 Å². The predicted octanol–water partition coefficient (Wildman–Crippen LogP) is 3.77. The number of hydrogen-bond donors (Lipinski definition) is 0. The van der Waals surface area contributed by atoms with E-state index >= 15 is 0 Å². The van der Waals surface area contributed by atoms with Gasteiger partial charge in [-0.25, -0.2) is 4.79 Å². The lowest BCUT2D eigenvalue weighted by atomic mass is 9.80. The fourth-order valence-electron chi connectivity index (χ4n) is 4.86. The average Bonchev–Trinajstić information content (AvgIpc) is 2.77. The van der Waals surface area contributed by atoms with Gasteiger partial charge in [0, 0.05) is 31.5 Å². The summed E-state index contributed by atoms with van der Waals surface area (Å²) >= 11 is -2.26. The van der Waals surface area contributed by atoms with Gasteiger partial charge >= 0.3 is 6.09 Å². The summed E-state index contributed by atoms with van der Waals surface area (Å²) in [5, 5.41) is 0. The SMILES string of the molecule is C=C(C1CCC(C(=O)N2CCN(C(=O)OC(C)(C)C)CC2C2C=CC=CC2)CC1)S(=O)[O-]. The van der Waals surface area contributed by atoms with E-state index < -0.39 is 16.7 Å². The Morgan fingerprint density at radius 1 is 1.09 bits per heavy atom. The molecule has 0 spiro atoms. The van der Waals surface area contributed by atoms with Crippen LogP contribution in [0.2, 0.25) is 0 Å². The van der Waals surface area contributed by atoms with Gasteiger partial charge in [-0.05, 0) is 74.8 Å². The van der Waals surface area contributed by atoms with Crippen LogP contribution in [0.1, 0.15) is 52.9 Å². The van der Waals surface area contributed by atoms with Crippen LogP contribution in [0.5, 0.6) is 0 Å². The van der Waals surface area contributed by atoms with Crippen molar-refractivity contribution < 1.29 is 23.1 Å². The Balaban J connectivity index is 1.69. The van der Waals surface area contributed by atoms with E-state index in [4.69, 9.17) is 4.74 Å². The van der Waals surface area contributed by atoms with Gasteiger partial charge < -0.3 is 19.1 Å². The lowest BCUT2D eigenvalue weighted by Gasteiger charge is -2.46. The van der Waals surface area contributed by atoms with Gasteiger partial charge in [-0.3, -0.25) is 9.00 Å². The fraction of sp³-hybridized carbons (Fsp3) is 0.667. The number of carbonyl (C=O) groups is 2. The van der Waals surface area contributed by atoms with E-state index in [9.17, 15) is 18.4 Å². The molecule has 178 valence electrons. The van der Waals surface area contributed by atoms with Crippen molar-refractivity contribution in [2.45, 2.75) is 64.5 Å². The van der Waals surface area contributed by atoms with E-state index in [-0.39, 0.29) is 40.7 Å². The van der Waals surface area contributed by atoms with E-state index in [2.05, 4.69) is 18.7 Å². The first-order valence-electron chi connectivity index (χ1n) is 11.5. The number of rotatable bonds is 4. The molecule has 3 unspecified atom stereocenters. The first kappa shape index (κ1) is 24.7. The molecule has 1 saturated carbocycles. The monoisotopic (exact) mass is 463 g/mol. The molecule has 7 nitrogen and oxygen atoms in total. The van der Waals surface area contributed by atoms with E-state index in [1.807, 2.05) is 37.8 Å². The van der Waals surface area contributed by atoms with E-state index in [0.29, 0.717) is 45.3 Å². The van der Waals surface area contributed by atoms with Crippen LogP contribution in [0.15, 0.2) is 35.8 Å². The van der Waals surface area contributed by atoms with Crippen LogP contribution in [0.3, 0.4) is 0 Å². The maximum absolute atomic E-state index is 13.5. The topological polar surface area (TPSA) is 90.0 Å². The van der Waals surface area contributed by atoms with Gasteiger partial charge in [-0.1, -0.05) is 30.9 Å². The Hall–Kier alpha value is -1.93. The van der Waals surface area contributed by atoms with Crippen molar-refractivity contribution in [3.05, 3.63) is 35.8 Å². The molecular weight excluding hydrogens is 428 g/mol. The predicted molar refractivity (Wildman–Crippen MR) is 123 cm³/mol. The molecule has 3 rings (SSSR count). The zero-order chi connectivity index (χ0) is 23.5. The van der Waals surface area contributed by atoms with Crippen molar-refractivity contribution in [1.82, 2.24) is 9.80 Å². The average molecular weight is 464 g/mol. The summed E-state index contributed by atoms with van der Waals surface area (Å²) in [4.78, 5) is 30.1. The number of carbonyl (C=O) groups excluding carboxylic acids is 2. The summed E-state index contributed by atoms with van der Waals surface area (Å²) in [6, 6.07) is -0.105. The van der Waals surface area contributed by atoms with Crippen molar-refractivity contribution in [2.75, 3.05) is 19.6 Å². The van der Waals surface area contributed by atoms with E-state index in [0.717, 1.165) is 6.42 Å². The molecule has 0 bridgehead atoms. The second-order valence-corrected chi connectivity index (χ2v) is 11.0. The Labute approximate surface area is 193 Å². The molecule has 2 fully saturated rings. The minimum atomic E-state index is -2.26. The van der Waals surface area contributed by atoms with Crippen molar-refractivity contribution >= 4 is 23.1 Å². The molecule has 0 aromatic rings. The molecule has 8 heteroatoms. The smallest absolute Gasteiger partial charge is 0.410 e. The zero-order valence-electron chi connectivity index (χ0n) is 19.3. The van der Waals surface area contributed by atoms with Crippen molar-refractivity contribution in [3.8, 4) is 0 Å². The number of nitrogens with zero attached hydrogens (tertiary/aromatic N) is 2. The number of piperazine rings is 1. The molecule has 0 N–H and O–H groups in total. The Morgan fingerprint density at radius 2 is 1.75 bits per heavy atom. The van der Waals surface area contributed by atoms with E-state index in [1.165, 1.54) is 0 Å². The minimum Gasteiger partial charge on any atom is -0.769 e. The van der Waals surface area contributed by atoms with Crippen LogP contribution in [0.25, 0.3) is 0 Å². The molecule has 3 atom stereocenters. The third kappa shape index (κ3) is 6.10. The summed E-state index contributed by atoms with van der Waals surface area (Å²) in [6.07, 6.45) is 11.4. The first-order chi connectivity index (χ1) is 15.1. The van der Waals surface area contributed by atoms with Gasteiger partial charge in [0.15, 0.2) is 0 Å². The first-order valence-corrected chi connectivity index (χ1v) is 12.5. The Bertz CT molecular complexity index is 808. The number of hydrogen-bond acceptors (Lipinski definition) is 5. The molecule has 2 aliphatic carbocycles. The standard InChI is InChI=1S/C24H36N2O5S/c1-17(32(29)30)18-10-12-20(13-11-18)22(27)26-15-14-25(23(28)31-24(2,3)4)16-21(26)19-8-6-5-7-9-19/h5-8,18-21H,1,9-16H2,2-4H3,(H,29,30)/p-1. The lowest BCUT2D eigenvalue weighted by Crippen LogP contribution is -2.60. The maximum Gasteiger partial charge on any atom is 0.410 e. The van der Waals surface area contributed by atoms with Crippen molar-refractivity contribution in [3.63, 3.8) is 0 Å². The van der Waals surface area contributed by atoms with E-state index in [1.54, 1.807) is 4.90 Å². The summed E-state index contributed by atoms with van der Waals surface area (Å²) < 4.78 is 28.0. The maximum atomic E-state index is 13.5. The highest BCUT2D eigenvalue weighted by atomic mass is 32.2.